The molecule has 0 bridgehead atoms. The number of aryl methyl sites for hydroxylation is 1. The first-order valence-corrected chi connectivity index (χ1v) is 11.4. The monoisotopic (exact) mass is 452 g/mol. The Morgan fingerprint density at radius 1 is 1.09 bits per heavy atom. The van der Waals surface area contributed by atoms with Gasteiger partial charge in [-0.15, -0.1) is 5.10 Å². The molecule has 166 valence electrons. The number of nitro benzene ring substituents is 1. The number of aromatic amines is 1. The number of carbonyl (C=O) groups is 1. The van der Waals surface area contributed by atoms with Crippen molar-refractivity contribution in [3.05, 3.63) is 64.2 Å². The van der Waals surface area contributed by atoms with Gasteiger partial charge < -0.3 is 9.80 Å². The molecular weight excluding hydrogens is 428 g/mol. The van der Waals surface area contributed by atoms with Crippen LogP contribution in [0.4, 0.5) is 11.4 Å². The fourth-order valence-corrected chi connectivity index (χ4v) is 4.26. The summed E-state index contributed by atoms with van der Waals surface area (Å²) in [6.07, 6.45) is 0.988. The number of amides is 1. The summed E-state index contributed by atoms with van der Waals surface area (Å²) in [5.74, 6) is 1.03. The number of benzene rings is 2. The van der Waals surface area contributed by atoms with Gasteiger partial charge in [0.25, 0.3) is 5.69 Å². The fourth-order valence-electron chi connectivity index (χ4n) is 3.56. The van der Waals surface area contributed by atoms with Crippen LogP contribution in [0.1, 0.15) is 12.5 Å². The van der Waals surface area contributed by atoms with E-state index < -0.39 is 4.92 Å². The lowest BCUT2D eigenvalue weighted by Gasteiger charge is -2.36. The first-order chi connectivity index (χ1) is 15.5. The molecule has 1 aliphatic heterocycles. The Hall–Kier alpha value is -3.40. The van der Waals surface area contributed by atoms with Crippen LogP contribution in [0.3, 0.4) is 0 Å². The number of hydrogen-bond donors (Lipinski definition) is 1. The number of carbonyl (C=O) groups excluding carboxylic acids is 1. The molecule has 1 aromatic heterocycles. The van der Waals surface area contributed by atoms with Crippen molar-refractivity contribution in [1.82, 2.24) is 20.1 Å². The van der Waals surface area contributed by atoms with Crippen LogP contribution in [0.15, 0.2) is 53.7 Å². The van der Waals surface area contributed by atoms with Crippen molar-refractivity contribution >= 4 is 29.0 Å². The lowest BCUT2D eigenvalue weighted by molar-refractivity contribution is -0.384. The molecule has 1 amide bonds. The predicted molar refractivity (Wildman–Crippen MR) is 124 cm³/mol. The molecule has 32 heavy (non-hydrogen) atoms. The first-order valence-electron chi connectivity index (χ1n) is 10.4. The molecule has 2 heterocycles. The van der Waals surface area contributed by atoms with Gasteiger partial charge >= 0.3 is 0 Å². The van der Waals surface area contributed by atoms with Crippen LogP contribution < -0.4 is 4.90 Å². The molecule has 1 fully saturated rings. The Labute approximate surface area is 190 Å². The van der Waals surface area contributed by atoms with Crippen LogP contribution in [0.2, 0.25) is 0 Å². The lowest BCUT2D eigenvalue weighted by Crippen LogP contribution is -2.49. The zero-order valence-electron chi connectivity index (χ0n) is 17.7. The third-order valence-corrected chi connectivity index (χ3v) is 6.32. The number of non-ortho nitro benzene ring substituents is 1. The van der Waals surface area contributed by atoms with Crippen molar-refractivity contribution in [2.45, 2.75) is 18.5 Å². The minimum absolute atomic E-state index is 0.0528. The van der Waals surface area contributed by atoms with E-state index in [1.54, 1.807) is 12.1 Å². The molecule has 3 aromatic rings. The molecule has 10 heteroatoms. The Morgan fingerprint density at radius 3 is 2.41 bits per heavy atom. The molecule has 0 aliphatic carbocycles. The van der Waals surface area contributed by atoms with Gasteiger partial charge in [-0.25, -0.2) is 4.98 Å². The second-order valence-electron chi connectivity index (χ2n) is 7.45. The highest BCUT2D eigenvalue weighted by molar-refractivity contribution is 7.99. The van der Waals surface area contributed by atoms with Gasteiger partial charge in [-0.05, 0) is 24.1 Å². The number of nitrogens with zero attached hydrogens (tertiary/aromatic N) is 5. The van der Waals surface area contributed by atoms with Gasteiger partial charge in [0.05, 0.1) is 10.7 Å². The minimum atomic E-state index is -0.405. The Bertz CT molecular complexity index is 1080. The van der Waals surface area contributed by atoms with Gasteiger partial charge in [-0.2, -0.15) is 0 Å². The molecule has 1 N–H and O–H groups in total. The molecule has 0 spiro atoms. The third kappa shape index (κ3) is 5.08. The molecule has 0 radical (unpaired) electrons. The number of rotatable bonds is 7. The van der Waals surface area contributed by atoms with E-state index in [2.05, 4.69) is 39.1 Å². The standard InChI is InChI=1S/C22H24N6O3S/c1-2-16-3-5-17(6-4-16)21-23-22(25-24-21)32-15-20(29)27-13-11-26(12-14-27)18-7-9-19(10-8-18)28(30)31/h3-10H,2,11-15H2,1H3,(H,23,24,25). The molecule has 0 unspecified atom stereocenters. The van der Waals surface area contributed by atoms with Gasteiger partial charge in [0.1, 0.15) is 0 Å². The number of H-pyrrole nitrogens is 1. The normalized spacial score (nSPS) is 13.9. The molecule has 4 rings (SSSR count). The maximum Gasteiger partial charge on any atom is 0.269 e. The Morgan fingerprint density at radius 2 is 1.78 bits per heavy atom. The van der Waals surface area contributed by atoms with Gasteiger partial charge in [-0.1, -0.05) is 43.0 Å². The second kappa shape index (κ2) is 9.82. The van der Waals surface area contributed by atoms with Crippen LogP contribution in [0.25, 0.3) is 11.4 Å². The quantitative estimate of drug-likeness (QED) is 0.332. The summed E-state index contributed by atoms with van der Waals surface area (Å²) in [6, 6.07) is 14.7. The molecule has 9 nitrogen and oxygen atoms in total. The van der Waals surface area contributed by atoms with Crippen molar-refractivity contribution < 1.29 is 9.72 Å². The van der Waals surface area contributed by atoms with Crippen molar-refractivity contribution in [2.24, 2.45) is 0 Å². The van der Waals surface area contributed by atoms with Crippen molar-refractivity contribution in [2.75, 3.05) is 36.8 Å². The zero-order valence-corrected chi connectivity index (χ0v) is 18.5. The van der Waals surface area contributed by atoms with E-state index in [0.717, 1.165) is 17.7 Å². The maximum atomic E-state index is 12.6. The topological polar surface area (TPSA) is 108 Å². The largest absolute Gasteiger partial charge is 0.368 e. The summed E-state index contributed by atoms with van der Waals surface area (Å²) in [7, 11) is 0. The van der Waals surface area contributed by atoms with Crippen LogP contribution >= 0.6 is 11.8 Å². The highest BCUT2D eigenvalue weighted by Crippen LogP contribution is 2.22. The van der Waals surface area contributed by atoms with Crippen LogP contribution in [0, 0.1) is 10.1 Å². The van der Waals surface area contributed by atoms with Crippen molar-refractivity contribution in [3.63, 3.8) is 0 Å². The number of thioether (sulfide) groups is 1. The van der Waals surface area contributed by atoms with Crippen LogP contribution in [-0.2, 0) is 11.2 Å². The molecule has 1 saturated heterocycles. The van der Waals surface area contributed by atoms with E-state index in [1.807, 2.05) is 17.0 Å². The summed E-state index contributed by atoms with van der Waals surface area (Å²) >= 11 is 1.32. The van der Waals surface area contributed by atoms with Crippen molar-refractivity contribution in [3.8, 4) is 11.4 Å². The Kier molecular flexibility index (Phi) is 6.69. The van der Waals surface area contributed by atoms with Gasteiger partial charge in [0.2, 0.25) is 11.1 Å². The molecule has 2 aromatic carbocycles. The lowest BCUT2D eigenvalue weighted by atomic mass is 10.1. The first kappa shape index (κ1) is 21.8. The number of hydrogen-bond acceptors (Lipinski definition) is 7. The SMILES string of the molecule is CCc1ccc(-c2nc(SCC(=O)N3CCN(c4ccc([N+](=O)[O-])cc4)CC3)n[nH]2)cc1. The summed E-state index contributed by atoms with van der Waals surface area (Å²) in [6.45, 7) is 4.71. The fraction of sp³-hybridized carbons (Fsp3) is 0.318. The van der Waals surface area contributed by atoms with E-state index in [4.69, 9.17) is 0 Å². The number of anilines is 1. The molecular formula is C22H24N6O3S. The smallest absolute Gasteiger partial charge is 0.269 e. The Balaban J connectivity index is 1.26. The maximum absolute atomic E-state index is 12.6. The zero-order chi connectivity index (χ0) is 22.5. The number of nitro groups is 1. The third-order valence-electron chi connectivity index (χ3n) is 5.48. The summed E-state index contributed by atoms with van der Waals surface area (Å²) in [5.41, 5.74) is 3.24. The summed E-state index contributed by atoms with van der Waals surface area (Å²) in [4.78, 5) is 31.5. The van der Waals surface area contributed by atoms with Crippen LogP contribution in [-0.4, -0.2) is 62.8 Å². The van der Waals surface area contributed by atoms with Crippen LogP contribution in [0.5, 0.6) is 0 Å². The predicted octanol–water partition coefficient (Wildman–Crippen LogP) is 3.38. The summed E-state index contributed by atoms with van der Waals surface area (Å²) < 4.78 is 0. The number of nitrogens with one attached hydrogen (secondary N) is 1. The molecule has 0 saturated carbocycles. The van der Waals surface area contributed by atoms with E-state index >= 15 is 0 Å². The number of piperazine rings is 1. The number of aromatic nitrogens is 3. The van der Waals surface area contributed by atoms with E-state index in [0.29, 0.717) is 37.2 Å². The van der Waals surface area contributed by atoms with E-state index in [1.165, 1.54) is 29.5 Å². The molecule has 0 atom stereocenters. The van der Waals surface area contributed by atoms with Gasteiger partial charge in [0.15, 0.2) is 5.82 Å². The summed E-state index contributed by atoms with van der Waals surface area (Å²) in [5, 5.41) is 18.5. The van der Waals surface area contributed by atoms with E-state index in [9.17, 15) is 14.9 Å². The minimum Gasteiger partial charge on any atom is -0.368 e. The van der Waals surface area contributed by atoms with Crippen molar-refractivity contribution in [1.29, 1.82) is 0 Å². The van der Waals surface area contributed by atoms with Gasteiger partial charge in [0, 0.05) is 49.6 Å². The molecule has 1 aliphatic rings. The average molecular weight is 453 g/mol. The average Bonchev–Trinajstić information content (AvgIpc) is 3.32. The highest BCUT2D eigenvalue weighted by atomic mass is 32.2. The second-order valence-corrected chi connectivity index (χ2v) is 8.39. The highest BCUT2D eigenvalue weighted by Gasteiger charge is 2.22. The van der Waals surface area contributed by atoms with E-state index in [-0.39, 0.29) is 17.3 Å². The van der Waals surface area contributed by atoms with Gasteiger partial charge in [-0.3, -0.25) is 20.0 Å².